The van der Waals surface area contributed by atoms with Crippen LogP contribution in [-0.4, -0.2) is 36.8 Å². The maximum absolute atomic E-state index is 12.7. The van der Waals surface area contributed by atoms with E-state index in [-0.39, 0.29) is 22.3 Å². The highest BCUT2D eigenvalue weighted by Gasteiger charge is 2.36. The van der Waals surface area contributed by atoms with Gasteiger partial charge in [-0.25, -0.2) is 0 Å². The number of carbonyl (C=O) groups excluding carboxylic acids is 2. The molecule has 146 valence electrons. The number of hydrogen-bond donors (Lipinski definition) is 3. The quantitative estimate of drug-likeness (QED) is 0.635. The van der Waals surface area contributed by atoms with E-state index < -0.39 is 34.4 Å². The molecular formula is C16H15Cl2F3N4O2. The van der Waals surface area contributed by atoms with Crippen LogP contribution >= 0.6 is 23.2 Å². The van der Waals surface area contributed by atoms with E-state index in [1.807, 2.05) is 0 Å². The maximum Gasteiger partial charge on any atom is 0.432 e. The first kappa shape index (κ1) is 21.0. The molecule has 0 spiro atoms. The monoisotopic (exact) mass is 422 g/mol. The van der Waals surface area contributed by atoms with Gasteiger partial charge in [0.2, 0.25) is 0 Å². The van der Waals surface area contributed by atoms with Crippen LogP contribution in [0.1, 0.15) is 23.2 Å². The van der Waals surface area contributed by atoms with Gasteiger partial charge >= 0.3 is 6.18 Å². The molecule has 4 N–H and O–H groups in total. The Balaban J connectivity index is 2.22. The van der Waals surface area contributed by atoms with E-state index >= 15 is 0 Å². The molecular weight excluding hydrogens is 408 g/mol. The van der Waals surface area contributed by atoms with Crippen molar-refractivity contribution in [3.8, 4) is 0 Å². The van der Waals surface area contributed by atoms with Gasteiger partial charge in [-0.15, -0.1) is 0 Å². The molecule has 0 atom stereocenters. The van der Waals surface area contributed by atoms with Crippen LogP contribution in [0.3, 0.4) is 0 Å². The van der Waals surface area contributed by atoms with Crippen LogP contribution in [0.5, 0.6) is 0 Å². The number of nitrogens with two attached hydrogens (primary N) is 1. The summed E-state index contributed by atoms with van der Waals surface area (Å²) in [4.78, 5) is 27.9. The lowest BCUT2D eigenvalue weighted by molar-refractivity contribution is -0.110. The lowest BCUT2D eigenvalue weighted by atomic mass is 10.1. The van der Waals surface area contributed by atoms with Gasteiger partial charge in [-0.2, -0.15) is 13.2 Å². The Bertz CT molecular complexity index is 833. The molecule has 6 nitrogen and oxygen atoms in total. The molecule has 11 heteroatoms. The van der Waals surface area contributed by atoms with E-state index in [0.29, 0.717) is 0 Å². The first-order valence-electron chi connectivity index (χ1n) is 7.66. The van der Waals surface area contributed by atoms with Crippen molar-refractivity contribution in [3.63, 3.8) is 0 Å². The molecule has 1 aromatic carbocycles. The molecule has 0 heterocycles. The van der Waals surface area contributed by atoms with Crippen molar-refractivity contribution >= 4 is 46.4 Å². The summed E-state index contributed by atoms with van der Waals surface area (Å²) >= 11 is 11.6. The van der Waals surface area contributed by atoms with Crippen LogP contribution in [-0.2, 0) is 4.79 Å². The number of aliphatic imine (C=N–C) groups is 1. The molecule has 1 saturated carbocycles. The zero-order chi connectivity index (χ0) is 20.4. The van der Waals surface area contributed by atoms with Gasteiger partial charge in [0.15, 0.2) is 0 Å². The summed E-state index contributed by atoms with van der Waals surface area (Å²) in [6.45, 7) is 0. The Morgan fingerprint density at radius 3 is 2.44 bits per heavy atom. The average molecular weight is 423 g/mol. The average Bonchev–Trinajstić information content (AvgIpc) is 3.39. The standard InChI is InChI=1S/C16H15Cl2F3N4O2/c1-23-12(11(18)13(22)16(19,20)21)15(27)25-8-4-5-10(17)9(6-8)14(26)24-7-2-3-7/h4-7H,2-3,22H2,1H3,(H,24,26)(H,25,27). The number of hydrogen-bond acceptors (Lipinski definition) is 4. The predicted octanol–water partition coefficient (Wildman–Crippen LogP) is 3.21. The molecule has 0 unspecified atom stereocenters. The number of benzene rings is 1. The highest BCUT2D eigenvalue weighted by atomic mass is 35.5. The smallest absolute Gasteiger partial charge is 0.393 e. The minimum absolute atomic E-state index is 0.0972. The van der Waals surface area contributed by atoms with Crippen molar-refractivity contribution in [2.24, 2.45) is 10.7 Å². The molecule has 0 radical (unpaired) electrons. The molecule has 1 fully saturated rings. The van der Waals surface area contributed by atoms with Crippen molar-refractivity contribution in [1.82, 2.24) is 5.32 Å². The minimum Gasteiger partial charge on any atom is -0.393 e. The van der Waals surface area contributed by atoms with Crippen molar-refractivity contribution in [1.29, 1.82) is 0 Å². The fraction of sp³-hybridized carbons (Fsp3) is 0.312. The van der Waals surface area contributed by atoms with Gasteiger partial charge in [-0.05, 0) is 31.0 Å². The Kier molecular flexibility index (Phi) is 6.38. The molecule has 0 bridgehead atoms. The van der Waals surface area contributed by atoms with E-state index in [1.165, 1.54) is 18.2 Å². The van der Waals surface area contributed by atoms with Crippen LogP contribution in [0, 0.1) is 0 Å². The van der Waals surface area contributed by atoms with Gasteiger partial charge in [0.1, 0.15) is 11.4 Å². The third-order valence-corrected chi connectivity index (χ3v) is 4.28. The number of amides is 2. The molecule has 2 amide bonds. The Hall–Kier alpha value is -2.26. The van der Waals surface area contributed by atoms with Crippen LogP contribution in [0.15, 0.2) is 33.9 Å². The number of nitrogens with one attached hydrogen (secondary N) is 2. The van der Waals surface area contributed by atoms with E-state index in [0.717, 1.165) is 19.9 Å². The molecule has 2 rings (SSSR count). The number of allylic oxidation sites excluding steroid dienone is 1. The van der Waals surface area contributed by atoms with E-state index in [1.54, 1.807) is 0 Å². The molecule has 0 saturated heterocycles. The summed E-state index contributed by atoms with van der Waals surface area (Å²) in [6.07, 6.45) is -3.16. The second-order valence-corrected chi connectivity index (χ2v) is 6.48. The van der Waals surface area contributed by atoms with Gasteiger partial charge in [-0.3, -0.25) is 14.6 Å². The van der Waals surface area contributed by atoms with Crippen LogP contribution in [0.4, 0.5) is 18.9 Å². The van der Waals surface area contributed by atoms with E-state index in [2.05, 4.69) is 15.6 Å². The number of rotatable bonds is 5. The summed E-state index contributed by atoms with van der Waals surface area (Å²) in [7, 11) is 1.09. The molecule has 1 aromatic rings. The minimum atomic E-state index is -4.92. The van der Waals surface area contributed by atoms with Gasteiger partial charge in [0.25, 0.3) is 11.8 Å². The lowest BCUT2D eigenvalue weighted by Gasteiger charge is -2.13. The summed E-state index contributed by atoms with van der Waals surface area (Å²) in [5, 5.41) is 4.20. The number of anilines is 1. The largest absolute Gasteiger partial charge is 0.432 e. The summed E-state index contributed by atoms with van der Waals surface area (Å²) in [5.74, 6) is -1.44. The second kappa shape index (κ2) is 8.18. The van der Waals surface area contributed by atoms with E-state index in [9.17, 15) is 22.8 Å². The van der Waals surface area contributed by atoms with Gasteiger partial charge in [0.05, 0.1) is 15.6 Å². The van der Waals surface area contributed by atoms with Crippen LogP contribution in [0.25, 0.3) is 0 Å². The van der Waals surface area contributed by atoms with Crippen molar-refractivity contribution < 1.29 is 22.8 Å². The fourth-order valence-electron chi connectivity index (χ4n) is 2.01. The number of nitrogens with zero attached hydrogens (tertiary/aromatic N) is 1. The van der Waals surface area contributed by atoms with Crippen molar-refractivity contribution in [2.75, 3.05) is 12.4 Å². The topological polar surface area (TPSA) is 96.6 Å². The summed E-state index contributed by atoms with van der Waals surface area (Å²) in [6, 6.07) is 4.16. The van der Waals surface area contributed by atoms with Gasteiger partial charge in [0, 0.05) is 18.8 Å². The third-order valence-electron chi connectivity index (χ3n) is 3.57. The third kappa shape index (κ3) is 5.36. The van der Waals surface area contributed by atoms with Crippen molar-refractivity contribution in [3.05, 3.63) is 39.5 Å². The Morgan fingerprint density at radius 2 is 1.93 bits per heavy atom. The zero-order valence-corrected chi connectivity index (χ0v) is 15.5. The SMILES string of the molecule is CN=C(C(=O)Nc1ccc(Cl)c(C(=O)NC2CC2)c1)C(Cl)=C(N)C(F)(F)F. The Labute approximate surface area is 162 Å². The number of alkyl halides is 3. The fourth-order valence-corrected chi connectivity index (χ4v) is 2.49. The maximum atomic E-state index is 12.7. The summed E-state index contributed by atoms with van der Waals surface area (Å²) in [5.41, 5.74) is 2.83. The number of carbonyl (C=O) groups is 2. The molecule has 0 aromatic heterocycles. The highest BCUT2D eigenvalue weighted by Crippen LogP contribution is 2.27. The molecule has 1 aliphatic carbocycles. The number of halogens is 5. The highest BCUT2D eigenvalue weighted by molar-refractivity contribution is 6.61. The van der Waals surface area contributed by atoms with E-state index in [4.69, 9.17) is 28.9 Å². The normalized spacial score (nSPS) is 15.9. The van der Waals surface area contributed by atoms with Gasteiger partial charge in [-0.1, -0.05) is 23.2 Å². The first-order valence-corrected chi connectivity index (χ1v) is 8.41. The zero-order valence-electron chi connectivity index (χ0n) is 14.0. The van der Waals surface area contributed by atoms with Gasteiger partial charge < -0.3 is 16.4 Å². The first-order chi connectivity index (χ1) is 12.5. The molecule has 0 aliphatic heterocycles. The lowest BCUT2D eigenvalue weighted by Crippen LogP contribution is -2.29. The van der Waals surface area contributed by atoms with Crippen LogP contribution < -0.4 is 16.4 Å². The second-order valence-electron chi connectivity index (χ2n) is 5.69. The van der Waals surface area contributed by atoms with Crippen molar-refractivity contribution in [2.45, 2.75) is 25.1 Å². The Morgan fingerprint density at radius 1 is 1.30 bits per heavy atom. The van der Waals surface area contributed by atoms with Crippen LogP contribution in [0.2, 0.25) is 5.02 Å². The predicted molar refractivity (Wildman–Crippen MR) is 97.1 cm³/mol. The molecule has 1 aliphatic rings. The summed E-state index contributed by atoms with van der Waals surface area (Å²) < 4.78 is 38.0. The molecule has 27 heavy (non-hydrogen) atoms.